The molecule has 0 saturated heterocycles. The minimum Gasteiger partial charge on any atom is -0.492 e. The average Bonchev–Trinajstić information content (AvgIpc) is 2.80. The molecule has 0 atom stereocenters. The smallest absolute Gasteiger partial charge is 0.253 e. The lowest BCUT2D eigenvalue weighted by atomic mass is 10.1. The van der Waals surface area contributed by atoms with Gasteiger partial charge in [0, 0.05) is 25.0 Å². The molecule has 0 saturated carbocycles. The van der Waals surface area contributed by atoms with Crippen LogP contribution < -0.4 is 14.2 Å². The summed E-state index contributed by atoms with van der Waals surface area (Å²) in [5, 5.41) is 0. The van der Waals surface area contributed by atoms with E-state index in [4.69, 9.17) is 14.2 Å². The fourth-order valence-electron chi connectivity index (χ4n) is 2.82. The number of ether oxygens (including phenoxy) is 3. The monoisotopic (exact) mass is 424 g/mol. The van der Waals surface area contributed by atoms with Crippen molar-refractivity contribution in [1.82, 2.24) is 9.88 Å². The van der Waals surface area contributed by atoms with Crippen molar-refractivity contribution in [2.24, 2.45) is 0 Å². The van der Waals surface area contributed by atoms with Crippen LogP contribution in [0, 0.1) is 5.82 Å². The molecule has 7 heteroatoms. The number of halogens is 1. The number of carbonyl (C=O) groups is 1. The molecule has 0 fully saturated rings. The molecule has 0 aliphatic rings. The molecule has 0 aliphatic heterocycles. The highest BCUT2D eigenvalue weighted by molar-refractivity contribution is 5.94. The first-order chi connectivity index (χ1) is 15.1. The van der Waals surface area contributed by atoms with Crippen molar-refractivity contribution in [3.63, 3.8) is 0 Å². The second kappa shape index (κ2) is 11.0. The van der Waals surface area contributed by atoms with Crippen LogP contribution in [0.3, 0.4) is 0 Å². The van der Waals surface area contributed by atoms with Gasteiger partial charge in [-0.1, -0.05) is 0 Å². The normalized spacial score (nSPS) is 10.4. The zero-order valence-electron chi connectivity index (χ0n) is 17.6. The number of carbonyl (C=O) groups excluding carboxylic acids is 1. The van der Waals surface area contributed by atoms with Gasteiger partial charge in [0.15, 0.2) is 11.5 Å². The molecule has 1 amide bonds. The predicted octanol–water partition coefficient (Wildman–Crippen LogP) is 4.35. The lowest BCUT2D eigenvalue weighted by Crippen LogP contribution is -2.30. The van der Waals surface area contributed by atoms with Gasteiger partial charge in [-0.25, -0.2) is 4.39 Å². The Morgan fingerprint density at radius 2 is 1.71 bits per heavy atom. The van der Waals surface area contributed by atoms with Crippen LogP contribution in [0.4, 0.5) is 4.39 Å². The number of likely N-dealkylation sites (N-methyl/N-ethyl adjacent to an activating group) is 1. The zero-order chi connectivity index (χ0) is 22.1. The summed E-state index contributed by atoms with van der Waals surface area (Å²) in [6.07, 6.45) is 3.42. The van der Waals surface area contributed by atoms with Crippen LogP contribution in [0.2, 0.25) is 0 Å². The van der Waals surface area contributed by atoms with Crippen LogP contribution in [0.25, 0.3) is 0 Å². The highest BCUT2D eigenvalue weighted by atomic mass is 19.1. The number of benzene rings is 2. The molecule has 31 heavy (non-hydrogen) atoms. The molecule has 0 aliphatic carbocycles. The molecular formula is C24H25FN2O4. The van der Waals surface area contributed by atoms with Crippen molar-refractivity contribution >= 4 is 5.91 Å². The van der Waals surface area contributed by atoms with Gasteiger partial charge in [0.1, 0.15) is 24.8 Å². The first-order valence-electron chi connectivity index (χ1n) is 9.99. The summed E-state index contributed by atoms with van der Waals surface area (Å²) in [6, 6.07) is 14.7. The molecule has 3 rings (SSSR count). The standard InChI is InChI=1S/C24H25FN2O4/c1-3-29-23-16-19(4-9-22(23)31-17-18-10-12-26-13-11-18)24(28)27(2)14-15-30-21-7-5-20(25)6-8-21/h4-13,16H,3,14-15,17H2,1-2H3. The summed E-state index contributed by atoms with van der Waals surface area (Å²) in [4.78, 5) is 18.3. The van der Waals surface area contributed by atoms with Crippen molar-refractivity contribution in [3.8, 4) is 17.2 Å². The number of hydrogen-bond acceptors (Lipinski definition) is 5. The molecule has 0 unspecified atom stereocenters. The first-order valence-corrected chi connectivity index (χ1v) is 9.99. The number of pyridine rings is 1. The van der Waals surface area contributed by atoms with Gasteiger partial charge >= 0.3 is 0 Å². The summed E-state index contributed by atoms with van der Waals surface area (Å²) in [6.45, 7) is 3.36. The zero-order valence-corrected chi connectivity index (χ0v) is 17.6. The third-order valence-corrected chi connectivity index (χ3v) is 4.49. The van der Waals surface area contributed by atoms with Crippen LogP contribution >= 0.6 is 0 Å². The van der Waals surface area contributed by atoms with Crippen molar-refractivity contribution in [3.05, 3.63) is 83.9 Å². The van der Waals surface area contributed by atoms with Crippen LogP contribution in [0.1, 0.15) is 22.8 Å². The van der Waals surface area contributed by atoms with Gasteiger partial charge in [-0.3, -0.25) is 9.78 Å². The molecular weight excluding hydrogens is 399 g/mol. The van der Waals surface area contributed by atoms with E-state index in [9.17, 15) is 9.18 Å². The SMILES string of the molecule is CCOc1cc(C(=O)N(C)CCOc2ccc(F)cc2)ccc1OCc1ccncc1. The van der Waals surface area contributed by atoms with Gasteiger partial charge in [-0.2, -0.15) is 0 Å². The van der Waals surface area contributed by atoms with E-state index in [1.165, 1.54) is 12.1 Å². The van der Waals surface area contributed by atoms with Crippen LogP contribution in [-0.2, 0) is 6.61 Å². The summed E-state index contributed by atoms with van der Waals surface area (Å²) in [7, 11) is 1.70. The number of amides is 1. The maximum Gasteiger partial charge on any atom is 0.253 e. The van der Waals surface area contributed by atoms with Crippen molar-refractivity contribution in [1.29, 1.82) is 0 Å². The van der Waals surface area contributed by atoms with Crippen molar-refractivity contribution in [2.75, 3.05) is 26.8 Å². The highest BCUT2D eigenvalue weighted by Gasteiger charge is 2.15. The van der Waals surface area contributed by atoms with E-state index in [1.807, 2.05) is 19.1 Å². The third-order valence-electron chi connectivity index (χ3n) is 4.49. The Bertz CT molecular complexity index is 981. The molecule has 162 valence electrons. The molecule has 6 nitrogen and oxygen atoms in total. The van der Waals surface area contributed by atoms with Crippen LogP contribution in [0.5, 0.6) is 17.2 Å². The molecule has 3 aromatic rings. The Hall–Kier alpha value is -3.61. The van der Waals surface area contributed by atoms with E-state index < -0.39 is 0 Å². The van der Waals surface area contributed by atoms with Crippen LogP contribution in [-0.4, -0.2) is 42.6 Å². The van der Waals surface area contributed by atoms with E-state index in [2.05, 4.69) is 4.98 Å². The van der Waals surface area contributed by atoms with E-state index >= 15 is 0 Å². The molecule has 0 bridgehead atoms. The lowest BCUT2D eigenvalue weighted by Gasteiger charge is -2.19. The van der Waals surface area contributed by atoms with E-state index in [1.54, 1.807) is 54.7 Å². The Labute approximate surface area is 181 Å². The number of aromatic nitrogens is 1. The Morgan fingerprint density at radius 3 is 2.42 bits per heavy atom. The molecule has 0 N–H and O–H groups in total. The predicted molar refractivity (Wildman–Crippen MR) is 115 cm³/mol. The second-order valence-corrected chi connectivity index (χ2v) is 6.77. The van der Waals surface area contributed by atoms with Gasteiger partial charge < -0.3 is 19.1 Å². The van der Waals surface area contributed by atoms with E-state index in [0.29, 0.717) is 49.2 Å². The largest absolute Gasteiger partial charge is 0.492 e. The molecule has 2 aromatic carbocycles. The third kappa shape index (κ3) is 6.44. The van der Waals surface area contributed by atoms with Crippen molar-refractivity contribution < 1.29 is 23.4 Å². The highest BCUT2D eigenvalue weighted by Crippen LogP contribution is 2.29. The Balaban J connectivity index is 1.60. The Kier molecular flexibility index (Phi) is 7.81. The number of hydrogen-bond donors (Lipinski definition) is 0. The maximum absolute atomic E-state index is 13.0. The van der Waals surface area contributed by atoms with Gasteiger partial charge in [0.25, 0.3) is 5.91 Å². The minimum absolute atomic E-state index is 0.163. The Morgan fingerprint density at radius 1 is 0.968 bits per heavy atom. The molecule has 1 aromatic heterocycles. The fraction of sp³-hybridized carbons (Fsp3) is 0.250. The van der Waals surface area contributed by atoms with E-state index in [0.717, 1.165) is 5.56 Å². The van der Waals surface area contributed by atoms with Crippen molar-refractivity contribution in [2.45, 2.75) is 13.5 Å². The molecule has 1 heterocycles. The maximum atomic E-state index is 13.0. The number of rotatable bonds is 10. The second-order valence-electron chi connectivity index (χ2n) is 6.77. The lowest BCUT2D eigenvalue weighted by molar-refractivity contribution is 0.0773. The van der Waals surface area contributed by atoms with Crippen LogP contribution in [0.15, 0.2) is 67.0 Å². The van der Waals surface area contributed by atoms with Gasteiger partial charge in [0.05, 0.1) is 13.2 Å². The average molecular weight is 424 g/mol. The molecule has 0 spiro atoms. The van der Waals surface area contributed by atoms with Gasteiger partial charge in [0.2, 0.25) is 0 Å². The summed E-state index contributed by atoms with van der Waals surface area (Å²) >= 11 is 0. The fourth-order valence-corrected chi connectivity index (χ4v) is 2.82. The molecule has 0 radical (unpaired) electrons. The van der Waals surface area contributed by atoms with Gasteiger partial charge in [-0.05, 0) is 67.1 Å². The summed E-state index contributed by atoms with van der Waals surface area (Å²) in [5.41, 5.74) is 1.47. The van der Waals surface area contributed by atoms with E-state index in [-0.39, 0.29) is 11.7 Å². The first kappa shape index (κ1) is 22.1. The minimum atomic E-state index is -0.321. The summed E-state index contributed by atoms with van der Waals surface area (Å²) in [5.74, 6) is 1.15. The topological polar surface area (TPSA) is 60.9 Å². The quantitative estimate of drug-likeness (QED) is 0.484. The number of nitrogens with zero attached hydrogens (tertiary/aromatic N) is 2. The van der Waals surface area contributed by atoms with Gasteiger partial charge in [-0.15, -0.1) is 0 Å². The summed E-state index contributed by atoms with van der Waals surface area (Å²) < 4.78 is 30.1.